The summed E-state index contributed by atoms with van der Waals surface area (Å²) < 4.78 is 0. The molecule has 4 nitrogen and oxygen atoms in total. The zero-order valence-corrected chi connectivity index (χ0v) is 14.0. The second-order valence-corrected chi connectivity index (χ2v) is 6.47. The molecule has 1 saturated heterocycles. The van der Waals surface area contributed by atoms with E-state index in [0.717, 1.165) is 5.56 Å². The number of nitrogens with zero attached hydrogens (tertiary/aromatic N) is 1. The normalized spacial score (nSPS) is 15.9. The van der Waals surface area contributed by atoms with E-state index < -0.39 is 0 Å². The van der Waals surface area contributed by atoms with Crippen molar-refractivity contribution in [2.75, 3.05) is 13.1 Å². The van der Waals surface area contributed by atoms with Crippen molar-refractivity contribution in [1.82, 2.24) is 4.90 Å². The second-order valence-electron chi connectivity index (χ2n) is 6.47. The van der Waals surface area contributed by atoms with E-state index in [1.54, 1.807) is 0 Å². The van der Waals surface area contributed by atoms with Crippen molar-refractivity contribution in [3.8, 4) is 0 Å². The van der Waals surface area contributed by atoms with E-state index in [2.05, 4.69) is 33.8 Å². The van der Waals surface area contributed by atoms with Gasteiger partial charge in [-0.15, -0.1) is 0 Å². The SMILES string of the molecule is Cc1cc(C)c(C)c(CC(=O)N2CCC(C(N)=O)CC2)c1C. The lowest BCUT2D eigenvalue weighted by Crippen LogP contribution is -2.42. The topological polar surface area (TPSA) is 63.4 Å². The van der Waals surface area contributed by atoms with Crippen LogP contribution in [0.2, 0.25) is 0 Å². The lowest BCUT2D eigenvalue weighted by molar-refractivity contribution is -0.134. The van der Waals surface area contributed by atoms with Crippen molar-refractivity contribution in [2.24, 2.45) is 11.7 Å². The predicted molar refractivity (Wildman–Crippen MR) is 87.6 cm³/mol. The lowest BCUT2D eigenvalue weighted by Gasteiger charge is -2.31. The van der Waals surface area contributed by atoms with Crippen molar-refractivity contribution in [1.29, 1.82) is 0 Å². The number of primary amides is 1. The van der Waals surface area contributed by atoms with Crippen molar-refractivity contribution >= 4 is 11.8 Å². The number of hydrogen-bond donors (Lipinski definition) is 1. The molecule has 2 amide bonds. The molecule has 1 aliphatic heterocycles. The molecule has 2 N–H and O–H groups in total. The highest BCUT2D eigenvalue weighted by atomic mass is 16.2. The van der Waals surface area contributed by atoms with Crippen LogP contribution in [0.15, 0.2) is 6.07 Å². The Hall–Kier alpha value is -1.84. The van der Waals surface area contributed by atoms with Gasteiger partial charge in [0.25, 0.3) is 0 Å². The van der Waals surface area contributed by atoms with E-state index in [9.17, 15) is 9.59 Å². The molecule has 4 heteroatoms. The van der Waals surface area contributed by atoms with Gasteiger partial charge >= 0.3 is 0 Å². The molecule has 1 fully saturated rings. The first-order chi connectivity index (χ1) is 10.3. The van der Waals surface area contributed by atoms with Crippen LogP contribution in [-0.2, 0) is 16.0 Å². The van der Waals surface area contributed by atoms with Crippen LogP contribution < -0.4 is 5.73 Å². The van der Waals surface area contributed by atoms with Crippen LogP contribution in [-0.4, -0.2) is 29.8 Å². The van der Waals surface area contributed by atoms with Crippen LogP contribution >= 0.6 is 0 Å². The third kappa shape index (κ3) is 3.32. The van der Waals surface area contributed by atoms with Crippen LogP contribution in [0.1, 0.15) is 40.7 Å². The second kappa shape index (κ2) is 6.51. The van der Waals surface area contributed by atoms with Gasteiger partial charge in [0.05, 0.1) is 6.42 Å². The molecule has 0 radical (unpaired) electrons. The molecule has 1 aliphatic rings. The zero-order chi connectivity index (χ0) is 16.4. The third-order valence-corrected chi connectivity index (χ3v) is 5.10. The van der Waals surface area contributed by atoms with Crippen molar-refractivity contribution in [3.05, 3.63) is 33.9 Å². The number of carbonyl (C=O) groups excluding carboxylic acids is 2. The van der Waals surface area contributed by atoms with Crippen molar-refractivity contribution in [2.45, 2.75) is 47.0 Å². The summed E-state index contributed by atoms with van der Waals surface area (Å²) in [6, 6.07) is 2.18. The maximum atomic E-state index is 12.6. The molecule has 0 atom stereocenters. The Morgan fingerprint density at radius 1 is 1.09 bits per heavy atom. The summed E-state index contributed by atoms with van der Waals surface area (Å²) >= 11 is 0. The number of rotatable bonds is 3. The van der Waals surface area contributed by atoms with Gasteiger partial charge in [0, 0.05) is 19.0 Å². The molecular weight excluding hydrogens is 276 g/mol. The number of benzene rings is 1. The first-order valence-electron chi connectivity index (χ1n) is 7.94. The van der Waals surface area contributed by atoms with Gasteiger partial charge < -0.3 is 10.6 Å². The fourth-order valence-electron chi connectivity index (χ4n) is 3.24. The maximum absolute atomic E-state index is 12.6. The zero-order valence-electron chi connectivity index (χ0n) is 14.0. The van der Waals surface area contributed by atoms with Gasteiger partial charge in [-0.3, -0.25) is 9.59 Å². The minimum absolute atomic E-state index is 0.0752. The van der Waals surface area contributed by atoms with Crippen LogP contribution in [0.4, 0.5) is 0 Å². The fourth-order valence-corrected chi connectivity index (χ4v) is 3.24. The summed E-state index contributed by atoms with van der Waals surface area (Å²) in [7, 11) is 0. The quantitative estimate of drug-likeness (QED) is 0.930. The minimum atomic E-state index is -0.243. The van der Waals surface area contributed by atoms with Crippen LogP contribution in [0.25, 0.3) is 0 Å². The highest BCUT2D eigenvalue weighted by Gasteiger charge is 2.26. The summed E-state index contributed by atoms with van der Waals surface area (Å²) in [6.45, 7) is 9.63. The van der Waals surface area contributed by atoms with E-state index in [1.807, 2.05) is 4.90 Å². The predicted octanol–water partition coefficient (Wildman–Crippen LogP) is 2.19. The average molecular weight is 302 g/mol. The molecular formula is C18H26N2O2. The molecule has 0 saturated carbocycles. The molecule has 0 aliphatic carbocycles. The average Bonchev–Trinajstić information content (AvgIpc) is 2.49. The standard InChI is InChI=1S/C18H26N2O2/c1-11-9-12(2)14(4)16(13(11)3)10-17(21)20-7-5-15(6-8-20)18(19)22/h9,15H,5-8,10H2,1-4H3,(H2,19,22). The van der Waals surface area contributed by atoms with Gasteiger partial charge in [0.2, 0.25) is 11.8 Å². The number of carbonyl (C=O) groups is 2. The lowest BCUT2D eigenvalue weighted by atomic mass is 9.91. The van der Waals surface area contributed by atoms with Crippen molar-refractivity contribution < 1.29 is 9.59 Å². The largest absolute Gasteiger partial charge is 0.369 e. The number of amides is 2. The van der Waals surface area contributed by atoms with E-state index >= 15 is 0 Å². The molecule has 22 heavy (non-hydrogen) atoms. The molecule has 0 spiro atoms. The Labute approximate surface area is 132 Å². The number of aryl methyl sites for hydroxylation is 2. The molecule has 2 rings (SSSR count). The summed E-state index contributed by atoms with van der Waals surface area (Å²) in [5.41, 5.74) is 11.4. The monoisotopic (exact) mass is 302 g/mol. The molecule has 0 unspecified atom stereocenters. The van der Waals surface area contributed by atoms with Crippen LogP contribution in [0.5, 0.6) is 0 Å². The molecule has 1 aromatic rings. The molecule has 1 heterocycles. The molecule has 0 aromatic heterocycles. The van der Waals surface area contributed by atoms with Crippen molar-refractivity contribution in [3.63, 3.8) is 0 Å². The van der Waals surface area contributed by atoms with Gasteiger partial charge in [-0.05, 0) is 68.4 Å². The number of piperidine rings is 1. The Kier molecular flexibility index (Phi) is 4.89. The van der Waals surface area contributed by atoms with Crippen LogP contribution in [0.3, 0.4) is 0 Å². The van der Waals surface area contributed by atoms with Gasteiger partial charge in [-0.1, -0.05) is 6.07 Å². The Morgan fingerprint density at radius 2 is 1.59 bits per heavy atom. The van der Waals surface area contributed by atoms with Gasteiger partial charge in [-0.25, -0.2) is 0 Å². The van der Waals surface area contributed by atoms with Gasteiger partial charge in [0.15, 0.2) is 0 Å². The smallest absolute Gasteiger partial charge is 0.227 e. The number of hydrogen-bond acceptors (Lipinski definition) is 2. The molecule has 0 bridgehead atoms. The van der Waals surface area contributed by atoms with Crippen LogP contribution in [0, 0.1) is 33.6 Å². The van der Waals surface area contributed by atoms with Gasteiger partial charge in [-0.2, -0.15) is 0 Å². The summed E-state index contributed by atoms with van der Waals surface area (Å²) in [5, 5.41) is 0. The van der Waals surface area contributed by atoms with E-state index in [4.69, 9.17) is 5.73 Å². The number of nitrogens with two attached hydrogens (primary N) is 1. The first kappa shape index (κ1) is 16.5. The summed E-state index contributed by atoms with van der Waals surface area (Å²) in [4.78, 5) is 25.7. The van der Waals surface area contributed by atoms with Gasteiger partial charge in [0.1, 0.15) is 0 Å². The third-order valence-electron chi connectivity index (χ3n) is 5.10. The summed E-state index contributed by atoms with van der Waals surface area (Å²) in [5.74, 6) is -0.166. The Bertz CT molecular complexity index is 573. The molecule has 1 aromatic carbocycles. The van der Waals surface area contributed by atoms with E-state index in [0.29, 0.717) is 32.4 Å². The molecule has 120 valence electrons. The van der Waals surface area contributed by atoms with E-state index in [1.165, 1.54) is 22.3 Å². The maximum Gasteiger partial charge on any atom is 0.227 e. The Morgan fingerprint density at radius 3 is 2.05 bits per heavy atom. The first-order valence-corrected chi connectivity index (χ1v) is 7.94. The minimum Gasteiger partial charge on any atom is -0.369 e. The highest BCUT2D eigenvalue weighted by molar-refractivity contribution is 5.81. The number of likely N-dealkylation sites (tertiary alicyclic amines) is 1. The van der Waals surface area contributed by atoms with E-state index in [-0.39, 0.29) is 17.7 Å². The summed E-state index contributed by atoms with van der Waals surface area (Å²) in [6.07, 6.45) is 1.82. The fraction of sp³-hybridized carbons (Fsp3) is 0.556. The Balaban J connectivity index is 2.09. The highest BCUT2D eigenvalue weighted by Crippen LogP contribution is 2.24.